The summed E-state index contributed by atoms with van der Waals surface area (Å²) in [6.45, 7) is 1.83. The number of hydrogen-bond acceptors (Lipinski definition) is 6. The zero-order valence-electron chi connectivity index (χ0n) is 12.2. The van der Waals surface area contributed by atoms with Crippen LogP contribution in [0.1, 0.15) is 22.6 Å². The molecular formula is C12H16N4O5S. The van der Waals surface area contributed by atoms with E-state index in [-0.39, 0.29) is 23.5 Å². The second kappa shape index (κ2) is 6.34. The van der Waals surface area contributed by atoms with Gasteiger partial charge in [-0.15, -0.1) is 0 Å². The van der Waals surface area contributed by atoms with Crippen molar-refractivity contribution in [2.45, 2.75) is 19.4 Å². The van der Waals surface area contributed by atoms with Crippen molar-refractivity contribution in [1.29, 1.82) is 0 Å². The third-order valence-corrected chi connectivity index (χ3v) is 4.57. The lowest BCUT2D eigenvalue weighted by molar-refractivity contribution is -0.385. The van der Waals surface area contributed by atoms with Crippen LogP contribution < -0.4 is 0 Å². The molecule has 1 aromatic rings. The van der Waals surface area contributed by atoms with Crippen LogP contribution in [0, 0.1) is 17.0 Å². The van der Waals surface area contributed by atoms with Crippen molar-refractivity contribution in [1.82, 2.24) is 14.7 Å². The summed E-state index contributed by atoms with van der Waals surface area (Å²) in [6, 6.07) is -0.474. The lowest BCUT2D eigenvalue weighted by Crippen LogP contribution is -2.47. The summed E-state index contributed by atoms with van der Waals surface area (Å²) >= 11 is 1.57. The molecule has 1 aliphatic rings. The predicted octanol–water partition coefficient (Wildman–Crippen LogP) is 0.669. The molecule has 1 atom stereocenters. The molecule has 0 bridgehead atoms. The Bertz CT molecular complexity index is 629. The van der Waals surface area contributed by atoms with Crippen LogP contribution in [0.2, 0.25) is 0 Å². The van der Waals surface area contributed by atoms with Crippen LogP contribution in [0.3, 0.4) is 0 Å². The fourth-order valence-electron chi connectivity index (χ4n) is 2.53. The first-order valence-corrected chi connectivity index (χ1v) is 7.77. The summed E-state index contributed by atoms with van der Waals surface area (Å²) in [7, 11) is 1.47. The zero-order valence-corrected chi connectivity index (χ0v) is 13.0. The molecule has 0 spiro atoms. The predicted molar refractivity (Wildman–Crippen MR) is 79.0 cm³/mol. The number of carbonyl (C=O) groups excluding carboxylic acids is 1. The Balaban J connectivity index is 2.37. The Labute approximate surface area is 130 Å². The highest BCUT2D eigenvalue weighted by Crippen LogP contribution is 2.27. The molecule has 2 rings (SSSR count). The minimum Gasteiger partial charge on any atom is -0.481 e. The summed E-state index contributed by atoms with van der Waals surface area (Å²) in [5.41, 5.74) is -0.262. The van der Waals surface area contributed by atoms with Crippen LogP contribution in [-0.4, -0.2) is 60.7 Å². The number of carbonyl (C=O) groups is 2. The smallest absolute Gasteiger partial charge is 0.322 e. The Hall–Kier alpha value is -2.10. The van der Waals surface area contributed by atoms with Gasteiger partial charge in [-0.3, -0.25) is 24.4 Å². The first kappa shape index (κ1) is 16.3. The third kappa shape index (κ3) is 3.06. The monoisotopic (exact) mass is 328 g/mol. The van der Waals surface area contributed by atoms with E-state index in [9.17, 15) is 19.7 Å². The molecule has 10 heteroatoms. The molecule has 1 saturated heterocycles. The van der Waals surface area contributed by atoms with E-state index in [2.05, 4.69) is 5.10 Å². The van der Waals surface area contributed by atoms with Crippen molar-refractivity contribution in [2.24, 2.45) is 7.05 Å². The molecule has 2 heterocycles. The van der Waals surface area contributed by atoms with Crippen molar-refractivity contribution in [2.75, 3.05) is 18.1 Å². The highest BCUT2D eigenvalue weighted by Gasteiger charge is 2.36. The third-order valence-electron chi connectivity index (χ3n) is 3.47. The maximum absolute atomic E-state index is 12.7. The molecule has 0 saturated carbocycles. The van der Waals surface area contributed by atoms with Crippen LogP contribution in [-0.2, 0) is 11.8 Å². The maximum Gasteiger partial charge on any atom is 0.322 e. The van der Waals surface area contributed by atoms with Gasteiger partial charge in [0.2, 0.25) is 5.69 Å². The molecule has 1 fully saturated rings. The molecule has 1 N–H and O–H groups in total. The van der Waals surface area contributed by atoms with Gasteiger partial charge in [0.1, 0.15) is 5.69 Å². The molecule has 0 aromatic carbocycles. The van der Waals surface area contributed by atoms with Gasteiger partial charge in [-0.2, -0.15) is 16.9 Å². The molecule has 1 aromatic heterocycles. The number of hydrogen-bond donors (Lipinski definition) is 1. The SMILES string of the molecule is Cc1nn(C)c(C(=O)N2CCSCC2CC(=O)O)c1[N+](=O)[O-]. The molecule has 9 nitrogen and oxygen atoms in total. The number of carboxylic acids is 1. The van der Waals surface area contributed by atoms with E-state index in [1.165, 1.54) is 23.6 Å². The molecule has 120 valence electrons. The number of thioether (sulfide) groups is 1. The van der Waals surface area contributed by atoms with Crippen molar-refractivity contribution in [3.8, 4) is 0 Å². The number of amides is 1. The van der Waals surface area contributed by atoms with E-state index in [0.717, 1.165) is 0 Å². The van der Waals surface area contributed by atoms with Gasteiger partial charge in [0, 0.05) is 25.1 Å². The lowest BCUT2D eigenvalue weighted by Gasteiger charge is -2.34. The van der Waals surface area contributed by atoms with Crippen molar-refractivity contribution in [3.05, 3.63) is 21.5 Å². The molecule has 0 radical (unpaired) electrons. The summed E-state index contributed by atoms with van der Waals surface area (Å²) in [5.74, 6) is -0.364. The number of nitrogens with zero attached hydrogens (tertiary/aromatic N) is 4. The summed E-state index contributed by atoms with van der Waals surface area (Å²) < 4.78 is 1.19. The summed E-state index contributed by atoms with van der Waals surface area (Å²) in [6.07, 6.45) is -0.177. The Morgan fingerprint density at radius 2 is 2.23 bits per heavy atom. The minimum atomic E-state index is -0.999. The largest absolute Gasteiger partial charge is 0.481 e. The number of nitro groups is 1. The Kier molecular flexibility index (Phi) is 4.69. The Morgan fingerprint density at radius 3 is 2.82 bits per heavy atom. The van der Waals surface area contributed by atoms with E-state index in [0.29, 0.717) is 18.1 Å². The fourth-order valence-corrected chi connectivity index (χ4v) is 3.60. The van der Waals surface area contributed by atoms with Crippen LogP contribution >= 0.6 is 11.8 Å². The number of carboxylic acid groups (broad SMARTS) is 1. The summed E-state index contributed by atoms with van der Waals surface area (Å²) in [4.78, 5) is 35.6. The molecular weight excluding hydrogens is 312 g/mol. The average Bonchev–Trinajstić information content (AvgIpc) is 2.72. The van der Waals surface area contributed by atoms with E-state index in [1.54, 1.807) is 11.8 Å². The van der Waals surface area contributed by atoms with E-state index in [4.69, 9.17) is 5.11 Å². The minimum absolute atomic E-state index is 0.107. The average molecular weight is 328 g/mol. The maximum atomic E-state index is 12.7. The highest BCUT2D eigenvalue weighted by atomic mass is 32.2. The van der Waals surface area contributed by atoms with E-state index < -0.39 is 22.8 Å². The first-order chi connectivity index (χ1) is 10.3. The molecule has 1 unspecified atom stereocenters. The topological polar surface area (TPSA) is 119 Å². The van der Waals surface area contributed by atoms with Gasteiger partial charge < -0.3 is 10.0 Å². The summed E-state index contributed by atoms with van der Waals surface area (Å²) in [5, 5.41) is 24.1. The first-order valence-electron chi connectivity index (χ1n) is 6.61. The van der Waals surface area contributed by atoms with Crippen LogP contribution in [0.15, 0.2) is 0 Å². The number of aliphatic carboxylic acids is 1. The second-order valence-corrected chi connectivity index (χ2v) is 6.14. The highest BCUT2D eigenvalue weighted by molar-refractivity contribution is 7.99. The van der Waals surface area contributed by atoms with Gasteiger partial charge >= 0.3 is 11.7 Å². The van der Waals surface area contributed by atoms with Crippen molar-refractivity contribution < 1.29 is 19.6 Å². The van der Waals surface area contributed by atoms with Crippen LogP contribution in [0.25, 0.3) is 0 Å². The van der Waals surface area contributed by atoms with Gasteiger partial charge in [0.15, 0.2) is 0 Å². The van der Waals surface area contributed by atoms with Gasteiger partial charge in [0.05, 0.1) is 17.4 Å². The standard InChI is InChI=1S/C12H16N4O5S/c1-7-10(16(20)21)11(14(2)13-7)12(19)15-3-4-22-6-8(15)5-9(17)18/h8H,3-6H2,1-2H3,(H,17,18). The van der Waals surface area contributed by atoms with Gasteiger partial charge in [-0.25, -0.2) is 0 Å². The number of rotatable bonds is 4. The zero-order chi connectivity index (χ0) is 16.4. The molecule has 22 heavy (non-hydrogen) atoms. The van der Waals surface area contributed by atoms with Crippen LogP contribution in [0.5, 0.6) is 0 Å². The number of aryl methyl sites for hydroxylation is 2. The van der Waals surface area contributed by atoms with Gasteiger partial charge in [-0.05, 0) is 6.92 Å². The van der Waals surface area contributed by atoms with Gasteiger partial charge in [0.25, 0.3) is 5.91 Å². The lowest BCUT2D eigenvalue weighted by atomic mass is 10.1. The van der Waals surface area contributed by atoms with Gasteiger partial charge in [-0.1, -0.05) is 0 Å². The Morgan fingerprint density at radius 1 is 1.55 bits per heavy atom. The molecule has 1 amide bonds. The second-order valence-electron chi connectivity index (χ2n) is 4.99. The molecule has 0 aliphatic carbocycles. The normalized spacial score (nSPS) is 18.3. The van der Waals surface area contributed by atoms with Crippen molar-refractivity contribution in [3.63, 3.8) is 0 Å². The number of aromatic nitrogens is 2. The van der Waals surface area contributed by atoms with Crippen molar-refractivity contribution >= 4 is 29.3 Å². The molecule has 1 aliphatic heterocycles. The van der Waals surface area contributed by atoms with E-state index >= 15 is 0 Å². The van der Waals surface area contributed by atoms with E-state index in [1.807, 2.05) is 0 Å². The fraction of sp³-hybridized carbons (Fsp3) is 0.583. The quantitative estimate of drug-likeness (QED) is 0.637. The van der Waals surface area contributed by atoms with Crippen LogP contribution in [0.4, 0.5) is 5.69 Å².